The molecule has 5 heteroatoms. The molecule has 0 aromatic heterocycles. The first-order valence-electron chi connectivity index (χ1n) is 5.07. The molecule has 0 atom stereocenters. The lowest BCUT2D eigenvalue weighted by Gasteiger charge is -2.13. The lowest BCUT2D eigenvalue weighted by molar-refractivity contribution is 0.383. The third kappa shape index (κ3) is 3.17. The highest BCUT2D eigenvalue weighted by Gasteiger charge is 2.14. The molecule has 0 heterocycles. The minimum atomic E-state index is -1.75. The fourth-order valence-electron chi connectivity index (χ4n) is 1.53. The van der Waals surface area contributed by atoms with Gasteiger partial charge in [0, 0.05) is 24.1 Å². The van der Waals surface area contributed by atoms with Gasteiger partial charge in [-0.3, -0.25) is 0 Å². The van der Waals surface area contributed by atoms with Crippen LogP contribution in [0.15, 0.2) is 29.9 Å². The Morgan fingerprint density at radius 1 is 1.18 bits per heavy atom. The van der Waals surface area contributed by atoms with E-state index in [1.165, 1.54) is 14.2 Å². The van der Waals surface area contributed by atoms with Gasteiger partial charge in [-0.1, -0.05) is 6.07 Å². The fraction of sp³-hybridized carbons (Fsp3) is 0.333. The Morgan fingerprint density at radius 3 is 2.06 bits per heavy atom. The standard InChI is InChI=1S/C12H15F2NO2/c1-16-10-4-3-5-11(17-2)9(10)6-8(7-15)12(13)14/h3-5H,6-7,15H2,1-2H3. The number of hydrogen-bond acceptors (Lipinski definition) is 3. The van der Waals surface area contributed by atoms with Gasteiger partial charge in [0.25, 0.3) is 6.08 Å². The van der Waals surface area contributed by atoms with Crippen LogP contribution >= 0.6 is 0 Å². The van der Waals surface area contributed by atoms with E-state index in [0.29, 0.717) is 17.1 Å². The van der Waals surface area contributed by atoms with E-state index in [-0.39, 0.29) is 18.5 Å². The van der Waals surface area contributed by atoms with Gasteiger partial charge in [0.05, 0.1) is 14.2 Å². The average Bonchev–Trinajstić information content (AvgIpc) is 2.35. The summed E-state index contributed by atoms with van der Waals surface area (Å²) >= 11 is 0. The second kappa shape index (κ2) is 6.20. The summed E-state index contributed by atoms with van der Waals surface area (Å²) in [6, 6.07) is 5.13. The van der Waals surface area contributed by atoms with Crippen LogP contribution < -0.4 is 15.2 Å². The minimum absolute atomic E-state index is 0.0199. The molecule has 94 valence electrons. The van der Waals surface area contributed by atoms with E-state index in [9.17, 15) is 8.78 Å². The van der Waals surface area contributed by atoms with Crippen LogP contribution in [0.3, 0.4) is 0 Å². The summed E-state index contributed by atoms with van der Waals surface area (Å²) in [5.74, 6) is 1.02. The largest absolute Gasteiger partial charge is 0.496 e. The van der Waals surface area contributed by atoms with Crippen molar-refractivity contribution in [3.63, 3.8) is 0 Å². The van der Waals surface area contributed by atoms with Gasteiger partial charge in [0.1, 0.15) is 11.5 Å². The van der Waals surface area contributed by atoms with E-state index in [1.807, 2.05) is 0 Å². The van der Waals surface area contributed by atoms with Crippen molar-refractivity contribution in [2.24, 2.45) is 5.73 Å². The Bertz CT molecular complexity index is 393. The van der Waals surface area contributed by atoms with E-state index in [0.717, 1.165) is 0 Å². The zero-order valence-corrected chi connectivity index (χ0v) is 9.80. The van der Waals surface area contributed by atoms with Gasteiger partial charge < -0.3 is 15.2 Å². The van der Waals surface area contributed by atoms with Crippen LogP contribution in [0.1, 0.15) is 5.56 Å². The van der Waals surface area contributed by atoms with Gasteiger partial charge in [-0.2, -0.15) is 8.78 Å². The van der Waals surface area contributed by atoms with Crippen molar-refractivity contribution in [2.75, 3.05) is 20.8 Å². The average molecular weight is 243 g/mol. The van der Waals surface area contributed by atoms with Gasteiger partial charge in [-0.15, -0.1) is 0 Å². The van der Waals surface area contributed by atoms with Crippen LogP contribution in [0.25, 0.3) is 0 Å². The quantitative estimate of drug-likeness (QED) is 0.863. The number of nitrogens with two attached hydrogens (primary N) is 1. The summed E-state index contributed by atoms with van der Waals surface area (Å²) in [6.45, 7) is -0.191. The van der Waals surface area contributed by atoms with Crippen LogP contribution in [0.2, 0.25) is 0 Å². The van der Waals surface area contributed by atoms with Crippen LogP contribution in [0, 0.1) is 0 Å². The highest BCUT2D eigenvalue weighted by Crippen LogP contribution is 2.31. The first-order chi connectivity index (χ1) is 8.13. The van der Waals surface area contributed by atoms with E-state index >= 15 is 0 Å². The predicted molar refractivity (Wildman–Crippen MR) is 61.5 cm³/mol. The molecule has 0 bridgehead atoms. The van der Waals surface area contributed by atoms with Crippen molar-refractivity contribution in [3.8, 4) is 11.5 Å². The first-order valence-corrected chi connectivity index (χ1v) is 5.07. The van der Waals surface area contributed by atoms with Gasteiger partial charge in [-0.05, 0) is 12.1 Å². The van der Waals surface area contributed by atoms with Crippen molar-refractivity contribution in [1.82, 2.24) is 0 Å². The van der Waals surface area contributed by atoms with E-state index in [2.05, 4.69) is 0 Å². The van der Waals surface area contributed by atoms with Crippen molar-refractivity contribution < 1.29 is 18.3 Å². The number of hydrogen-bond donors (Lipinski definition) is 1. The van der Waals surface area contributed by atoms with Crippen LogP contribution in [0.5, 0.6) is 11.5 Å². The molecule has 0 aliphatic rings. The van der Waals surface area contributed by atoms with Gasteiger partial charge >= 0.3 is 0 Å². The molecule has 0 unspecified atom stereocenters. The summed E-state index contributed by atoms with van der Waals surface area (Å²) in [5.41, 5.74) is 5.74. The van der Waals surface area contributed by atoms with E-state index in [1.54, 1.807) is 18.2 Å². The Labute approximate surface area is 98.8 Å². The number of methoxy groups -OCH3 is 2. The second-order valence-electron chi connectivity index (χ2n) is 3.39. The minimum Gasteiger partial charge on any atom is -0.496 e. The third-order valence-corrected chi connectivity index (χ3v) is 2.43. The maximum Gasteiger partial charge on any atom is 0.271 e. The third-order valence-electron chi connectivity index (χ3n) is 2.43. The number of halogens is 2. The van der Waals surface area contributed by atoms with Crippen LogP contribution in [-0.2, 0) is 6.42 Å². The molecular formula is C12H15F2NO2. The second-order valence-corrected chi connectivity index (χ2v) is 3.39. The molecule has 1 rings (SSSR count). The first kappa shape index (κ1) is 13.4. The van der Waals surface area contributed by atoms with Crippen molar-refractivity contribution in [2.45, 2.75) is 6.42 Å². The SMILES string of the molecule is COc1cccc(OC)c1CC(CN)=C(F)F. The predicted octanol–water partition coefficient (Wildman–Crippen LogP) is 2.36. The summed E-state index contributed by atoms with van der Waals surface area (Å²) in [6.07, 6.45) is -1.73. The Hall–Kier alpha value is -1.62. The van der Waals surface area contributed by atoms with Crippen LogP contribution in [0.4, 0.5) is 8.78 Å². The maximum absolute atomic E-state index is 12.6. The summed E-state index contributed by atoms with van der Waals surface area (Å²) in [4.78, 5) is 0. The summed E-state index contributed by atoms with van der Waals surface area (Å²) < 4.78 is 35.4. The van der Waals surface area contributed by atoms with Gasteiger partial charge in [0.2, 0.25) is 0 Å². The Kier molecular flexibility index (Phi) is 4.90. The molecule has 3 nitrogen and oxygen atoms in total. The molecule has 0 aliphatic heterocycles. The Balaban J connectivity index is 3.15. The lowest BCUT2D eigenvalue weighted by Crippen LogP contribution is -2.08. The van der Waals surface area contributed by atoms with Crippen molar-refractivity contribution in [1.29, 1.82) is 0 Å². The van der Waals surface area contributed by atoms with E-state index in [4.69, 9.17) is 15.2 Å². The summed E-state index contributed by atoms with van der Waals surface area (Å²) in [7, 11) is 2.96. The Morgan fingerprint density at radius 2 is 1.71 bits per heavy atom. The molecular weight excluding hydrogens is 228 g/mol. The fourth-order valence-corrected chi connectivity index (χ4v) is 1.53. The highest BCUT2D eigenvalue weighted by molar-refractivity contribution is 5.47. The monoisotopic (exact) mass is 243 g/mol. The molecule has 0 saturated carbocycles. The normalized spacial score (nSPS) is 9.94. The molecule has 0 saturated heterocycles. The molecule has 0 amide bonds. The number of rotatable bonds is 5. The number of ether oxygens (including phenoxy) is 2. The smallest absolute Gasteiger partial charge is 0.271 e. The lowest BCUT2D eigenvalue weighted by atomic mass is 10.0. The zero-order chi connectivity index (χ0) is 12.8. The van der Waals surface area contributed by atoms with Crippen molar-refractivity contribution >= 4 is 0 Å². The molecule has 2 N–H and O–H groups in total. The molecule has 0 fully saturated rings. The van der Waals surface area contributed by atoms with Crippen LogP contribution in [-0.4, -0.2) is 20.8 Å². The molecule has 0 radical (unpaired) electrons. The molecule has 1 aromatic carbocycles. The van der Waals surface area contributed by atoms with Crippen molar-refractivity contribution in [3.05, 3.63) is 35.4 Å². The molecule has 0 spiro atoms. The molecule has 1 aromatic rings. The molecule has 17 heavy (non-hydrogen) atoms. The van der Waals surface area contributed by atoms with Gasteiger partial charge in [-0.25, -0.2) is 0 Å². The summed E-state index contributed by atoms with van der Waals surface area (Å²) in [5, 5.41) is 0. The number of benzene rings is 1. The van der Waals surface area contributed by atoms with Gasteiger partial charge in [0.15, 0.2) is 0 Å². The topological polar surface area (TPSA) is 44.5 Å². The molecule has 0 aliphatic carbocycles. The highest BCUT2D eigenvalue weighted by atomic mass is 19.3. The maximum atomic E-state index is 12.6. The van der Waals surface area contributed by atoms with E-state index < -0.39 is 6.08 Å². The zero-order valence-electron chi connectivity index (χ0n) is 9.80.